The molecule has 0 radical (unpaired) electrons. The lowest BCUT2D eigenvalue weighted by Crippen LogP contribution is -2.48. The van der Waals surface area contributed by atoms with Crippen molar-refractivity contribution in [2.45, 2.75) is 33.2 Å². The smallest absolute Gasteiger partial charge is 0.186 e. The minimum atomic E-state index is 0.611. The third kappa shape index (κ3) is 2.72. The normalized spacial score (nSPS) is 17.4. The number of aromatic nitrogens is 1. The summed E-state index contributed by atoms with van der Waals surface area (Å²) >= 11 is 1.53. The van der Waals surface area contributed by atoms with Crippen molar-refractivity contribution in [3.8, 4) is 0 Å². The molecule has 1 saturated heterocycles. The maximum absolute atomic E-state index is 11.0. The lowest BCUT2D eigenvalue weighted by molar-refractivity contribution is 0.112. The van der Waals surface area contributed by atoms with Crippen molar-refractivity contribution in [1.29, 1.82) is 0 Å². The van der Waals surface area contributed by atoms with Gasteiger partial charge in [-0.3, -0.25) is 9.69 Å². The highest BCUT2D eigenvalue weighted by molar-refractivity contribution is 7.17. The Balaban J connectivity index is 2.05. The Labute approximate surface area is 113 Å². The molecule has 5 heteroatoms. The van der Waals surface area contributed by atoms with Crippen LogP contribution in [0, 0.1) is 0 Å². The lowest BCUT2D eigenvalue weighted by Gasteiger charge is -2.36. The van der Waals surface area contributed by atoms with E-state index in [1.165, 1.54) is 11.3 Å². The molecule has 4 nitrogen and oxygen atoms in total. The summed E-state index contributed by atoms with van der Waals surface area (Å²) in [4.78, 5) is 21.1. The van der Waals surface area contributed by atoms with E-state index in [-0.39, 0.29) is 0 Å². The number of rotatable bonds is 4. The van der Waals surface area contributed by atoms with E-state index in [0.29, 0.717) is 6.04 Å². The van der Waals surface area contributed by atoms with E-state index in [1.807, 2.05) is 6.92 Å². The fourth-order valence-corrected chi connectivity index (χ4v) is 3.28. The summed E-state index contributed by atoms with van der Waals surface area (Å²) in [5, 5.41) is 1.01. The van der Waals surface area contributed by atoms with E-state index in [2.05, 4.69) is 28.6 Å². The van der Waals surface area contributed by atoms with Crippen LogP contribution in [0.25, 0.3) is 0 Å². The minimum Gasteiger partial charge on any atom is -0.346 e. The first-order chi connectivity index (χ1) is 8.65. The van der Waals surface area contributed by atoms with Gasteiger partial charge in [-0.25, -0.2) is 4.98 Å². The molecule has 1 aromatic heterocycles. The molecule has 0 unspecified atom stereocenters. The molecule has 1 aliphatic heterocycles. The van der Waals surface area contributed by atoms with Gasteiger partial charge in [0.05, 0.1) is 10.6 Å². The molecule has 0 bridgehead atoms. The van der Waals surface area contributed by atoms with Crippen molar-refractivity contribution < 1.29 is 4.79 Å². The standard InChI is InChI=1S/C13H21N3OS/c1-4-11-12(9-17)18-13(14-11)16-7-5-15(6-8-16)10(2)3/h9-10H,4-8H2,1-3H3. The van der Waals surface area contributed by atoms with Crippen LogP contribution in [-0.4, -0.2) is 48.4 Å². The maximum atomic E-state index is 11.0. The van der Waals surface area contributed by atoms with Crippen molar-refractivity contribution in [2.24, 2.45) is 0 Å². The Hall–Kier alpha value is -0.940. The highest BCUT2D eigenvalue weighted by Crippen LogP contribution is 2.26. The van der Waals surface area contributed by atoms with Crippen LogP contribution in [0.15, 0.2) is 0 Å². The lowest BCUT2D eigenvalue weighted by atomic mass is 10.2. The molecule has 18 heavy (non-hydrogen) atoms. The number of carbonyl (C=O) groups excluding carboxylic acids is 1. The molecule has 0 aliphatic carbocycles. The average molecular weight is 267 g/mol. The number of carbonyl (C=O) groups is 1. The number of thiazole rings is 1. The van der Waals surface area contributed by atoms with Crippen LogP contribution < -0.4 is 4.90 Å². The van der Waals surface area contributed by atoms with Gasteiger partial charge in [0.2, 0.25) is 0 Å². The van der Waals surface area contributed by atoms with Crippen molar-refractivity contribution >= 4 is 22.8 Å². The van der Waals surface area contributed by atoms with Gasteiger partial charge in [0.25, 0.3) is 0 Å². The average Bonchev–Trinajstić information content (AvgIpc) is 2.82. The molecule has 1 aromatic rings. The molecule has 1 aliphatic rings. The van der Waals surface area contributed by atoms with Crippen LogP contribution in [0.1, 0.15) is 36.1 Å². The van der Waals surface area contributed by atoms with Gasteiger partial charge in [-0.15, -0.1) is 0 Å². The number of hydrogen-bond donors (Lipinski definition) is 0. The summed E-state index contributed by atoms with van der Waals surface area (Å²) in [6.07, 6.45) is 1.76. The molecular formula is C13H21N3OS. The third-order valence-corrected chi connectivity index (χ3v) is 4.56. The third-order valence-electron chi connectivity index (χ3n) is 3.47. The van der Waals surface area contributed by atoms with Gasteiger partial charge in [0.15, 0.2) is 11.4 Å². The molecule has 0 amide bonds. The van der Waals surface area contributed by atoms with E-state index in [4.69, 9.17) is 0 Å². The van der Waals surface area contributed by atoms with Crippen LogP contribution >= 0.6 is 11.3 Å². The monoisotopic (exact) mass is 267 g/mol. The zero-order valence-electron chi connectivity index (χ0n) is 11.3. The molecule has 0 N–H and O–H groups in total. The van der Waals surface area contributed by atoms with Gasteiger partial charge in [0.1, 0.15) is 0 Å². The topological polar surface area (TPSA) is 36.4 Å². The molecule has 0 spiro atoms. The molecule has 1 fully saturated rings. The van der Waals surface area contributed by atoms with Crippen LogP contribution in [-0.2, 0) is 6.42 Å². The first-order valence-corrected chi connectivity index (χ1v) is 7.41. The van der Waals surface area contributed by atoms with Gasteiger partial charge in [-0.2, -0.15) is 0 Å². The van der Waals surface area contributed by atoms with E-state index in [0.717, 1.165) is 54.6 Å². The molecule has 0 aromatic carbocycles. The van der Waals surface area contributed by atoms with Crippen molar-refractivity contribution in [1.82, 2.24) is 9.88 Å². The fourth-order valence-electron chi connectivity index (χ4n) is 2.26. The number of nitrogens with zero attached hydrogens (tertiary/aromatic N) is 3. The Kier molecular flexibility index (Phi) is 4.35. The van der Waals surface area contributed by atoms with E-state index in [1.54, 1.807) is 0 Å². The Bertz CT molecular complexity index is 408. The fraction of sp³-hybridized carbons (Fsp3) is 0.692. The van der Waals surface area contributed by atoms with Crippen molar-refractivity contribution in [2.75, 3.05) is 31.1 Å². The molecular weight excluding hydrogens is 246 g/mol. The number of aldehydes is 1. The summed E-state index contributed by atoms with van der Waals surface area (Å²) in [5.74, 6) is 0. The Morgan fingerprint density at radius 1 is 1.33 bits per heavy atom. The molecule has 0 saturated carbocycles. The largest absolute Gasteiger partial charge is 0.346 e. The summed E-state index contributed by atoms with van der Waals surface area (Å²) in [6.45, 7) is 10.7. The molecule has 2 heterocycles. The van der Waals surface area contributed by atoms with E-state index < -0.39 is 0 Å². The molecule has 0 atom stereocenters. The Morgan fingerprint density at radius 3 is 2.44 bits per heavy atom. The van der Waals surface area contributed by atoms with Crippen molar-refractivity contribution in [3.63, 3.8) is 0 Å². The summed E-state index contributed by atoms with van der Waals surface area (Å²) in [5.41, 5.74) is 0.941. The first kappa shape index (κ1) is 13.5. The quantitative estimate of drug-likeness (QED) is 0.782. The van der Waals surface area contributed by atoms with Gasteiger partial charge >= 0.3 is 0 Å². The summed E-state index contributed by atoms with van der Waals surface area (Å²) in [6, 6.07) is 0.611. The minimum absolute atomic E-state index is 0.611. The van der Waals surface area contributed by atoms with E-state index in [9.17, 15) is 4.79 Å². The zero-order chi connectivity index (χ0) is 13.1. The Morgan fingerprint density at radius 2 is 2.00 bits per heavy atom. The van der Waals surface area contributed by atoms with Gasteiger partial charge < -0.3 is 4.90 Å². The summed E-state index contributed by atoms with van der Waals surface area (Å²) < 4.78 is 0. The van der Waals surface area contributed by atoms with Gasteiger partial charge in [-0.05, 0) is 20.3 Å². The second kappa shape index (κ2) is 5.80. The number of hydrogen-bond acceptors (Lipinski definition) is 5. The maximum Gasteiger partial charge on any atom is 0.186 e. The number of piperazine rings is 1. The zero-order valence-corrected chi connectivity index (χ0v) is 12.2. The van der Waals surface area contributed by atoms with Gasteiger partial charge in [0, 0.05) is 32.2 Å². The molecule has 100 valence electrons. The van der Waals surface area contributed by atoms with Crippen LogP contribution in [0.3, 0.4) is 0 Å². The van der Waals surface area contributed by atoms with E-state index >= 15 is 0 Å². The van der Waals surface area contributed by atoms with Crippen molar-refractivity contribution in [3.05, 3.63) is 10.6 Å². The van der Waals surface area contributed by atoms with Crippen LogP contribution in [0.5, 0.6) is 0 Å². The SMILES string of the molecule is CCc1nc(N2CCN(C(C)C)CC2)sc1C=O. The number of anilines is 1. The highest BCUT2D eigenvalue weighted by Gasteiger charge is 2.22. The second-order valence-electron chi connectivity index (χ2n) is 4.90. The van der Waals surface area contributed by atoms with Crippen LogP contribution in [0.4, 0.5) is 5.13 Å². The predicted octanol–water partition coefficient (Wildman–Crippen LogP) is 2.05. The highest BCUT2D eigenvalue weighted by atomic mass is 32.1. The number of aryl methyl sites for hydroxylation is 1. The first-order valence-electron chi connectivity index (χ1n) is 6.59. The van der Waals surface area contributed by atoms with Gasteiger partial charge in [-0.1, -0.05) is 18.3 Å². The molecule has 2 rings (SSSR count). The van der Waals surface area contributed by atoms with Crippen LogP contribution in [0.2, 0.25) is 0 Å². The predicted molar refractivity (Wildman–Crippen MR) is 75.8 cm³/mol. The summed E-state index contributed by atoms with van der Waals surface area (Å²) in [7, 11) is 0. The second-order valence-corrected chi connectivity index (χ2v) is 5.90.